The van der Waals surface area contributed by atoms with Crippen LogP contribution in [0.1, 0.15) is 30.0 Å². The number of rotatable bonds is 6. The Bertz CT molecular complexity index is 722. The predicted octanol–water partition coefficient (Wildman–Crippen LogP) is 3.35. The van der Waals surface area contributed by atoms with Crippen molar-refractivity contribution < 1.29 is 9.13 Å². The topological polar surface area (TPSA) is 45.3 Å². The lowest BCUT2D eigenvalue weighted by Crippen LogP contribution is -2.44. The summed E-state index contributed by atoms with van der Waals surface area (Å²) in [6.45, 7) is 4.41. The normalized spacial score (nSPS) is 23.9. The molecule has 2 saturated heterocycles. The molecule has 28 heavy (non-hydrogen) atoms. The van der Waals surface area contributed by atoms with Gasteiger partial charge in [-0.25, -0.2) is 9.82 Å². The highest BCUT2D eigenvalue weighted by Crippen LogP contribution is 2.34. The van der Waals surface area contributed by atoms with Crippen LogP contribution in [0.3, 0.4) is 0 Å². The molecule has 2 unspecified atom stereocenters. The van der Waals surface area contributed by atoms with Crippen LogP contribution in [0.25, 0.3) is 0 Å². The molecule has 2 aliphatic heterocycles. The molecule has 6 heteroatoms. The number of benzene rings is 2. The Labute approximate surface area is 172 Å². The van der Waals surface area contributed by atoms with Gasteiger partial charge in [-0.1, -0.05) is 42.5 Å². The third-order valence-electron chi connectivity index (χ3n) is 6.03. The van der Waals surface area contributed by atoms with Gasteiger partial charge in [0.15, 0.2) is 0 Å². The van der Waals surface area contributed by atoms with Crippen LogP contribution in [0.5, 0.6) is 0 Å². The molecule has 152 valence electrons. The van der Waals surface area contributed by atoms with Gasteiger partial charge in [0, 0.05) is 44.2 Å². The summed E-state index contributed by atoms with van der Waals surface area (Å²) in [4.78, 5) is 0. The first-order valence-corrected chi connectivity index (χ1v) is 9.85. The summed E-state index contributed by atoms with van der Waals surface area (Å²) in [5.74, 6) is 0.229. The molecule has 0 spiro atoms. The number of hydrazine groups is 1. The van der Waals surface area contributed by atoms with Crippen molar-refractivity contribution in [3.05, 3.63) is 71.5 Å². The minimum absolute atomic E-state index is 0. The first-order valence-electron chi connectivity index (χ1n) is 9.85. The molecule has 2 atom stereocenters. The Kier molecular flexibility index (Phi) is 7.43. The Hall–Kier alpha value is -1.50. The molecule has 0 aromatic heterocycles. The number of hydrogen-bond donors (Lipinski definition) is 3. The van der Waals surface area contributed by atoms with Crippen molar-refractivity contribution in [2.24, 2.45) is 5.92 Å². The molecule has 2 heterocycles. The van der Waals surface area contributed by atoms with Gasteiger partial charge in [0.05, 0.1) is 6.04 Å². The summed E-state index contributed by atoms with van der Waals surface area (Å²) < 4.78 is 18.9. The average molecular weight is 406 g/mol. The summed E-state index contributed by atoms with van der Waals surface area (Å²) in [6, 6.07) is 17.8. The summed E-state index contributed by atoms with van der Waals surface area (Å²) >= 11 is 0. The molecule has 2 aromatic carbocycles. The molecular formula is C22H29ClFN3O. The zero-order chi connectivity index (χ0) is 18.5. The van der Waals surface area contributed by atoms with Gasteiger partial charge < -0.3 is 10.1 Å². The van der Waals surface area contributed by atoms with E-state index in [9.17, 15) is 4.39 Å². The maximum atomic E-state index is 13.2. The number of nitrogens with one attached hydrogen (secondary N) is 3. The minimum atomic E-state index is -0.191. The van der Waals surface area contributed by atoms with Gasteiger partial charge in [-0.2, -0.15) is 0 Å². The van der Waals surface area contributed by atoms with Gasteiger partial charge in [0.2, 0.25) is 0 Å². The van der Waals surface area contributed by atoms with E-state index in [0.29, 0.717) is 5.92 Å². The van der Waals surface area contributed by atoms with Crippen LogP contribution in [0.4, 0.5) is 4.39 Å². The summed E-state index contributed by atoms with van der Waals surface area (Å²) in [6.07, 6.45) is 2.10. The van der Waals surface area contributed by atoms with E-state index in [0.717, 1.165) is 51.3 Å². The van der Waals surface area contributed by atoms with Gasteiger partial charge >= 0.3 is 0 Å². The van der Waals surface area contributed by atoms with Crippen molar-refractivity contribution in [1.29, 1.82) is 0 Å². The largest absolute Gasteiger partial charge is 0.381 e. The van der Waals surface area contributed by atoms with E-state index in [4.69, 9.17) is 4.74 Å². The third kappa shape index (κ3) is 4.73. The predicted molar refractivity (Wildman–Crippen MR) is 112 cm³/mol. The second kappa shape index (κ2) is 9.81. The van der Waals surface area contributed by atoms with Crippen molar-refractivity contribution >= 4 is 12.4 Å². The van der Waals surface area contributed by atoms with Crippen molar-refractivity contribution in [3.8, 4) is 0 Å². The lowest BCUT2D eigenvalue weighted by molar-refractivity contribution is 0.0495. The molecule has 0 radical (unpaired) electrons. The first-order chi connectivity index (χ1) is 13.3. The summed E-state index contributed by atoms with van der Waals surface area (Å²) in [5.41, 5.74) is 9.27. The third-order valence-corrected chi connectivity index (χ3v) is 6.03. The monoisotopic (exact) mass is 405 g/mol. The standard InChI is InChI=1S/C22H28FN3O.ClH/c23-20-8-6-17(7-9-20)21-18(15-25-26-21)14-24-16-22(10-12-27-13-11-22)19-4-2-1-3-5-19;/h1-9,18,21,24-26H,10-16H2;1H. The van der Waals surface area contributed by atoms with Crippen LogP contribution >= 0.6 is 12.4 Å². The van der Waals surface area contributed by atoms with Gasteiger partial charge in [0.1, 0.15) is 5.82 Å². The van der Waals surface area contributed by atoms with Crippen LogP contribution in [-0.4, -0.2) is 32.8 Å². The van der Waals surface area contributed by atoms with Crippen LogP contribution in [0.2, 0.25) is 0 Å². The van der Waals surface area contributed by atoms with E-state index in [1.54, 1.807) is 0 Å². The number of ether oxygens (including phenoxy) is 1. The smallest absolute Gasteiger partial charge is 0.123 e. The second-order valence-corrected chi connectivity index (χ2v) is 7.70. The maximum absolute atomic E-state index is 13.2. The average Bonchev–Trinajstić information content (AvgIpc) is 3.18. The molecular weight excluding hydrogens is 377 g/mol. The van der Waals surface area contributed by atoms with E-state index in [-0.39, 0.29) is 29.7 Å². The molecule has 2 fully saturated rings. The van der Waals surface area contributed by atoms with E-state index in [2.05, 4.69) is 46.5 Å². The zero-order valence-corrected chi connectivity index (χ0v) is 16.8. The quantitative estimate of drug-likeness (QED) is 0.689. The minimum Gasteiger partial charge on any atom is -0.381 e. The van der Waals surface area contributed by atoms with E-state index in [1.165, 1.54) is 17.7 Å². The van der Waals surface area contributed by atoms with Gasteiger partial charge in [-0.05, 0) is 36.1 Å². The molecule has 3 N–H and O–H groups in total. The highest BCUT2D eigenvalue weighted by Gasteiger charge is 2.35. The van der Waals surface area contributed by atoms with Gasteiger partial charge in [-0.15, -0.1) is 12.4 Å². The maximum Gasteiger partial charge on any atom is 0.123 e. The van der Waals surface area contributed by atoms with Crippen LogP contribution in [0, 0.1) is 11.7 Å². The fourth-order valence-electron chi connectivity index (χ4n) is 4.37. The van der Waals surface area contributed by atoms with Crippen molar-refractivity contribution in [3.63, 3.8) is 0 Å². The Balaban J connectivity index is 0.00000225. The molecule has 2 aromatic rings. The highest BCUT2D eigenvalue weighted by atomic mass is 35.5. The Morgan fingerprint density at radius 3 is 2.46 bits per heavy atom. The molecule has 4 nitrogen and oxygen atoms in total. The van der Waals surface area contributed by atoms with Crippen molar-refractivity contribution in [2.45, 2.75) is 24.3 Å². The van der Waals surface area contributed by atoms with Crippen LogP contribution in [0.15, 0.2) is 54.6 Å². The second-order valence-electron chi connectivity index (χ2n) is 7.70. The van der Waals surface area contributed by atoms with E-state index >= 15 is 0 Å². The molecule has 4 rings (SSSR count). The molecule has 0 amide bonds. The Morgan fingerprint density at radius 2 is 1.75 bits per heavy atom. The van der Waals surface area contributed by atoms with Crippen molar-refractivity contribution in [2.75, 3.05) is 32.8 Å². The molecule has 0 saturated carbocycles. The summed E-state index contributed by atoms with van der Waals surface area (Å²) in [5, 5.41) is 3.74. The molecule has 0 aliphatic carbocycles. The lowest BCUT2D eigenvalue weighted by Gasteiger charge is -2.38. The van der Waals surface area contributed by atoms with Gasteiger partial charge in [0.25, 0.3) is 0 Å². The molecule has 0 bridgehead atoms. The first kappa shape index (κ1) is 21.2. The van der Waals surface area contributed by atoms with Crippen molar-refractivity contribution in [1.82, 2.24) is 16.2 Å². The van der Waals surface area contributed by atoms with Crippen LogP contribution < -0.4 is 16.2 Å². The number of halogens is 2. The van der Waals surface area contributed by atoms with Crippen LogP contribution in [-0.2, 0) is 10.2 Å². The molecule has 2 aliphatic rings. The van der Waals surface area contributed by atoms with Gasteiger partial charge in [-0.3, -0.25) is 5.43 Å². The van der Waals surface area contributed by atoms with E-state index < -0.39 is 0 Å². The fraction of sp³-hybridized carbons (Fsp3) is 0.455. The highest BCUT2D eigenvalue weighted by molar-refractivity contribution is 5.85. The Morgan fingerprint density at radius 1 is 1.04 bits per heavy atom. The van der Waals surface area contributed by atoms with E-state index in [1.807, 2.05) is 12.1 Å². The SMILES string of the molecule is Cl.Fc1ccc(C2NNCC2CNCC2(c3ccccc3)CCOCC2)cc1. The lowest BCUT2D eigenvalue weighted by atomic mass is 9.74. The zero-order valence-electron chi connectivity index (χ0n) is 16.0. The fourth-order valence-corrected chi connectivity index (χ4v) is 4.37. The summed E-state index contributed by atoms with van der Waals surface area (Å²) in [7, 11) is 0. The number of hydrogen-bond acceptors (Lipinski definition) is 4.